The van der Waals surface area contributed by atoms with E-state index in [4.69, 9.17) is 0 Å². The Kier molecular flexibility index (Phi) is 6.72. The van der Waals surface area contributed by atoms with Gasteiger partial charge in [0.05, 0.1) is 10.6 Å². The molecule has 1 fully saturated rings. The molecular weight excluding hydrogens is 424 g/mol. The maximum Gasteiger partial charge on any atom is 0.240 e. The second-order valence-corrected chi connectivity index (χ2v) is 9.88. The fraction of sp³-hybridized carbons (Fsp3) is 0.333. The number of carbonyl (C=O) groups is 1. The summed E-state index contributed by atoms with van der Waals surface area (Å²) >= 11 is 0. The molecule has 0 unspecified atom stereocenters. The molecule has 0 bridgehead atoms. The van der Waals surface area contributed by atoms with E-state index >= 15 is 0 Å². The molecule has 0 saturated carbocycles. The highest BCUT2D eigenvalue weighted by Crippen LogP contribution is 2.33. The highest BCUT2D eigenvalue weighted by molar-refractivity contribution is 7.89. The van der Waals surface area contributed by atoms with E-state index in [9.17, 15) is 13.2 Å². The minimum absolute atomic E-state index is 0.0179. The average molecular weight is 453 g/mol. The van der Waals surface area contributed by atoms with E-state index in [1.165, 1.54) is 19.3 Å². The van der Waals surface area contributed by atoms with Crippen LogP contribution in [0.4, 0.5) is 11.4 Å². The molecule has 0 aliphatic carbocycles. The fourth-order valence-corrected chi connectivity index (χ4v) is 5.04. The number of aryl methyl sites for hydroxylation is 1. The van der Waals surface area contributed by atoms with E-state index in [0.29, 0.717) is 5.69 Å². The summed E-state index contributed by atoms with van der Waals surface area (Å²) in [5.74, 6) is -0.257. The van der Waals surface area contributed by atoms with Crippen LogP contribution in [0, 0.1) is 6.92 Å². The van der Waals surface area contributed by atoms with Gasteiger partial charge >= 0.3 is 0 Å². The second kappa shape index (κ2) is 9.67. The Morgan fingerprint density at radius 2 is 1.75 bits per heavy atom. The van der Waals surface area contributed by atoms with Crippen molar-refractivity contribution in [2.45, 2.75) is 37.5 Å². The second-order valence-electron chi connectivity index (χ2n) is 8.11. The van der Waals surface area contributed by atoms with Crippen molar-refractivity contribution >= 4 is 38.1 Å². The van der Waals surface area contributed by atoms with E-state index < -0.39 is 10.0 Å². The van der Waals surface area contributed by atoms with Crippen molar-refractivity contribution in [3.8, 4) is 0 Å². The minimum atomic E-state index is -3.64. The van der Waals surface area contributed by atoms with Crippen LogP contribution in [0.1, 0.15) is 31.2 Å². The zero-order chi connectivity index (χ0) is 22.6. The van der Waals surface area contributed by atoms with Crippen LogP contribution >= 0.6 is 0 Å². The zero-order valence-electron chi connectivity index (χ0n) is 18.2. The summed E-state index contributed by atoms with van der Waals surface area (Å²) in [5, 5.41) is 4.85. The maximum absolute atomic E-state index is 12.5. The van der Waals surface area contributed by atoms with Crippen LogP contribution in [-0.4, -0.2) is 38.9 Å². The molecule has 32 heavy (non-hydrogen) atoms. The first-order valence-electron chi connectivity index (χ1n) is 10.9. The summed E-state index contributed by atoms with van der Waals surface area (Å²) in [5.41, 5.74) is 2.82. The van der Waals surface area contributed by atoms with Crippen molar-refractivity contribution in [1.82, 2.24) is 9.71 Å². The number of sulfonamides is 1. The van der Waals surface area contributed by atoms with E-state index in [1.54, 1.807) is 36.7 Å². The van der Waals surface area contributed by atoms with Gasteiger partial charge in [-0.2, -0.15) is 0 Å². The molecule has 168 valence electrons. The standard InChI is InChI=1S/C24H28N4O3S/c1-18-5-7-19(8-6-18)32(30,31)26-14-12-24(29)27-22-9-10-23(28-15-3-2-4-16-28)20-11-13-25-17-21(20)22/h5-11,13,17,26H,2-4,12,14-16H2,1H3,(H,27,29). The molecule has 0 radical (unpaired) electrons. The van der Waals surface area contributed by atoms with Crippen LogP contribution in [0.5, 0.6) is 0 Å². The third kappa shape index (κ3) is 5.08. The van der Waals surface area contributed by atoms with Gasteiger partial charge in [-0.1, -0.05) is 17.7 Å². The number of nitrogens with zero attached hydrogens (tertiary/aromatic N) is 2. The lowest BCUT2D eigenvalue weighted by molar-refractivity contribution is -0.116. The molecule has 1 aliphatic rings. The van der Waals surface area contributed by atoms with Gasteiger partial charge in [0.15, 0.2) is 0 Å². The summed E-state index contributed by atoms with van der Waals surface area (Å²) in [6.45, 7) is 3.98. The number of carbonyl (C=O) groups excluding carboxylic acids is 1. The van der Waals surface area contributed by atoms with Crippen LogP contribution in [-0.2, 0) is 14.8 Å². The fourth-order valence-electron chi connectivity index (χ4n) is 4.01. The number of nitrogens with one attached hydrogen (secondary N) is 2. The summed E-state index contributed by atoms with van der Waals surface area (Å²) in [7, 11) is -3.64. The highest BCUT2D eigenvalue weighted by atomic mass is 32.2. The molecule has 8 heteroatoms. The molecule has 0 atom stereocenters. The Labute approximate surface area is 188 Å². The van der Waals surface area contributed by atoms with Gasteiger partial charge in [-0.05, 0) is 56.5 Å². The van der Waals surface area contributed by atoms with Gasteiger partial charge in [0.1, 0.15) is 0 Å². The van der Waals surface area contributed by atoms with Gasteiger partial charge in [0.25, 0.3) is 0 Å². The first-order valence-corrected chi connectivity index (χ1v) is 12.4. The number of pyridine rings is 1. The van der Waals surface area contributed by atoms with Crippen LogP contribution in [0.2, 0.25) is 0 Å². The van der Waals surface area contributed by atoms with Crippen LogP contribution in [0.3, 0.4) is 0 Å². The van der Waals surface area contributed by atoms with Crippen LogP contribution in [0.15, 0.2) is 59.8 Å². The molecule has 2 N–H and O–H groups in total. The predicted octanol–water partition coefficient (Wildman–Crippen LogP) is 3.84. The topological polar surface area (TPSA) is 91.4 Å². The third-order valence-corrected chi connectivity index (χ3v) is 7.22. The normalized spacial score (nSPS) is 14.5. The van der Waals surface area contributed by atoms with Gasteiger partial charge < -0.3 is 10.2 Å². The molecule has 2 aromatic carbocycles. The Morgan fingerprint density at radius 3 is 2.50 bits per heavy atom. The number of hydrogen-bond donors (Lipinski definition) is 2. The van der Waals surface area contributed by atoms with Crippen molar-refractivity contribution in [3.63, 3.8) is 0 Å². The molecule has 1 aromatic heterocycles. The Balaban J connectivity index is 1.42. The van der Waals surface area contributed by atoms with E-state index in [0.717, 1.165) is 35.1 Å². The number of aromatic nitrogens is 1. The number of hydrogen-bond acceptors (Lipinski definition) is 5. The number of anilines is 2. The van der Waals surface area contributed by atoms with Gasteiger partial charge in [0, 0.05) is 54.9 Å². The number of piperidine rings is 1. The van der Waals surface area contributed by atoms with Gasteiger partial charge in [0.2, 0.25) is 15.9 Å². The predicted molar refractivity (Wildman–Crippen MR) is 127 cm³/mol. The lowest BCUT2D eigenvalue weighted by Crippen LogP contribution is -2.29. The SMILES string of the molecule is Cc1ccc(S(=O)(=O)NCCC(=O)Nc2ccc(N3CCCCC3)c3ccncc23)cc1. The summed E-state index contributed by atoms with van der Waals surface area (Å²) in [6.07, 6.45) is 7.19. The first-order chi connectivity index (χ1) is 15.4. The number of fused-ring (bicyclic) bond motifs is 1. The average Bonchev–Trinajstić information content (AvgIpc) is 2.80. The van der Waals surface area contributed by atoms with Gasteiger partial charge in [-0.15, -0.1) is 0 Å². The Morgan fingerprint density at radius 1 is 1.00 bits per heavy atom. The molecule has 2 heterocycles. The van der Waals surface area contributed by atoms with Crippen molar-refractivity contribution in [3.05, 3.63) is 60.4 Å². The van der Waals surface area contributed by atoms with Crippen LogP contribution < -0.4 is 14.9 Å². The zero-order valence-corrected chi connectivity index (χ0v) is 19.0. The van der Waals surface area contributed by atoms with Crippen molar-refractivity contribution in [1.29, 1.82) is 0 Å². The quantitative estimate of drug-likeness (QED) is 0.568. The highest BCUT2D eigenvalue weighted by Gasteiger charge is 2.17. The molecule has 1 aliphatic heterocycles. The lowest BCUT2D eigenvalue weighted by Gasteiger charge is -2.30. The molecule has 7 nitrogen and oxygen atoms in total. The molecule has 3 aromatic rings. The lowest BCUT2D eigenvalue weighted by atomic mass is 10.0. The molecule has 1 saturated heterocycles. The molecule has 1 amide bonds. The van der Waals surface area contributed by atoms with Crippen LogP contribution in [0.25, 0.3) is 10.8 Å². The smallest absolute Gasteiger partial charge is 0.240 e. The van der Waals surface area contributed by atoms with Crippen molar-refractivity contribution in [2.24, 2.45) is 0 Å². The van der Waals surface area contributed by atoms with Crippen molar-refractivity contribution in [2.75, 3.05) is 29.9 Å². The summed E-state index contributed by atoms with van der Waals surface area (Å²) in [4.78, 5) is 19.3. The first kappa shape index (κ1) is 22.2. The van der Waals surface area contributed by atoms with Gasteiger partial charge in [-0.25, -0.2) is 13.1 Å². The summed E-state index contributed by atoms with van der Waals surface area (Å²) in [6, 6.07) is 12.5. The monoisotopic (exact) mass is 452 g/mol. The minimum Gasteiger partial charge on any atom is -0.371 e. The van der Waals surface area contributed by atoms with Gasteiger partial charge in [-0.3, -0.25) is 9.78 Å². The number of rotatable bonds is 7. The Bertz CT molecular complexity index is 1200. The van der Waals surface area contributed by atoms with Crippen molar-refractivity contribution < 1.29 is 13.2 Å². The number of amides is 1. The van der Waals surface area contributed by atoms with E-state index in [2.05, 4.69) is 19.9 Å². The number of benzene rings is 2. The summed E-state index contributed by atoms with van der Waals surface area (Å²) < 4.78 is 27.3. The largest absolute Gasteiger partial charge is 0.371 e. The van der Waals surface area contributed by atoms with E-state index in [-0.39, 0.29) is 23.8 Å². The Hall–Kier alpha value is -2.97. The van der Waals surface area contributed by atoms with E-state index in [1.807, 2.05) is 25.1 Å². The molecular formula is C24H28N4O3S. The molecule has 0 spiro atoms. The third-order valence-electron chi connectivity index (χ3n) is 5.74. The molecule has 4 rings (SSSR count). The maximum atomic E-state index is 12.5.